The molecule has 0 radical (unpaired) electrons. The fourth-order valence-electron chi connectivity index (χ4n) is 2.56. The van der Waals surface area contributed by atoms with Crippen molar-refractivity contribution in [2.45, 2.75) is 30.2 Å². The van der Waals surface area contributed by atoms with Crippen LogP contribution < -0.4 is 5.56 Å². The van der Waals surface area contributed by atoms with Crippen molar-refractivity contribution in [2.75, 3.05) is 0 Å². The topological polar surface area (TPSA) is 85.0 Å². The summed E-state index contributed by atoms with van der Waals surface area (Å²) in [5, 5.41) is 9.04. The molecule has 0 N–H and O–H groups in total. The number of carbonyl (C=O) groups is 1. The van der Waals surface area contributed by atoms with Crippen LogP contribution in [0, 0.1) is 11.3 Å². The molecule has 0 saturated heterocycles. The van der Waals surface area contributed by atoms with Crippen molar-refractivity contribution in [3.63, 3.8) is 0 Å². The second kappa shape index (κ2) is 8.52. The third-order valence-corrected chi connectivity index (χ3v) is 4.99. The molecular formula is C20H17N3O3S. The first kappa shape index (κ1) is 18.7. The van der Waals surface area contributed by atoms with Gasteiger partial charge >= 0.3 is 5.97 Å². The van der Waals surface area contributed by atoms with Crippen LogP contribution >= 0.6 is 11.8 Å². The Morgan fingerprint density at radius 1 is 1.22 bits per heavy atom. The molecular weight excluding hydrogens is 362 g/mol. The van der Waals surface area contributed by atoms with Crippen molar-refractivity contribution in [3.8, 4) is 6.07 Å². The van der Waals surface area contributed by atoms with Crippen molar-refractivity contribution in [2.24, 2.45) is 0 Å². The predicted molar refractivity (Wildman–Crippen MR) is 103 cm³/mol. The summed E-state index contributed by atoms with van der Waals surface area (Å²) in [7, 11) is 0. The van der Waals surface area contributed by atoms with Crippen LogP contribution in [-0.2, 0) is 22.7 Å². The van der Waals surface area contributed by atoms with E-state index in [1.54, 1.807) is 31.2 Å². The summed E-state index contributed by atoms with van der Waals surface area (Å²) in [5.74, 6) is -0.153. The van der Waals surface area contributed by atoms with E-state index in [4.69, 9.17) is 10.00 Å². The van der Waals surface area contributed by atoms with Crippen LogP contribution in [0.3, 0.4) is 0 Å². The Labute approximate surface area is 160 Å². The first-order valence-corrected chi connectivity index (χ1v) is 9.22. The maximum atomic E-state index is 12.6. The third-order valence-electron chi connectivity index (χ3n) is 3.90. The summed E-state index contributed by atoms with van der Waals surface area (Å²) in [6, 6.07) is 18.4. The molecule has 0 aliphatic carbocycles. The number of esters is 1. The molecule has 0 spiro atoms. The van der Waals surface area contributed by atoms with Crippen molar-refractivity contribution in [3.05, 3.63) is 70.8 Å². The smallest absolute Gasteiger partial charge is 0.319 e. The highest BCUT2D eigenvalue weighted by atomic mass is 32.2. The lowest BCUT2D eigenvalue weighted by atomic mass is 10.2. The molecule has 0 aliphatic rings. The van der Waals surface area contributed by atoms with Gasteiger partial charge < -0.3 is 4.74 Å². The molecule has 0 amide bonds. The number of benzene rings is 2. The molecule has 1 heterocycles. The van der Waals surface area contributed by atoms with Crippen LogP contribution in [0.1, 0.15) is 12.7 Å². The fraction of sp³-hybridized carbons (Fsp3) is 0.200. The minimum atomic E-state index is -0.413. The normalized spacial score (nSPS) is 11.7. The van der Waals surface area contributed by atoms with E-state index in [9.17, 15) is 9.59 Å². The zero-order valence-electron chi connectivity index (χ0n) is 14.7. The summed E-state index contributed by atoms with van der Waals surface area (Å²) in [6.07, 6.45) is 0. The Morgan fingerprint density at radius 3 is 2.67 bits per heavy atom. The van der Waals surface area contributed by atoms with Gasteiger partial charge in [0.05, 0.1) is 17.0 Å². The first-order valence-electron chi connectivity index (χ1n) is 8.34. The number of nitriles is 1. The summed E-state index contributed by atoms with van der Waals surface area (Å²) >= 11 is 1.39. The minimum Gasteiger partial charge on any atom is -0.457 e. The van der Waals surface area contributed by atoms with Crippen LogP contribution in [0.2, 0.25) is 0 Å². The van der Waals surface area contributed by atoms with Gasteiger partial charge in [-0.1, -0.05) is 30.3 Å². The second-order valence-electron chi connectivity index (χ2n) is 5.78. The van der Waals surface area contributed by atoms with E-state index in [1.165, 1.54) is 16.3 Å². The monoisotopic (exact) mass is 379 g/mol. The van der Waals surface area contributed by atoms with Gasteiger partial charge in [0.25, 0.3) is 5.56 Å². The Bertz CT molecular complexity index is 1060. The predicted octanol–water partition coefficient (Wildman–Crippen LogP) is 3.14. The highest BCUT2D eigenvalue weighted by Crippen LogP contribution is 2.23. The number of rotatable bonds is 6. The van der Waals surface area contributed by atoms with Crippen LogP contribution in [0.5, 0.6) is 0 Å². The lowest BCUT2D eigenvalue weighted by Gasteiger charge is -2.14. The first-order chi connectivity index (χ1) is 13.1. The van der Waals surface area contributed by atoms with E-state index in [1.807, 2.05) is 36.4 Å². The van der Waals surface area contributed by atoms with E-state index < -0.39 is 11.2 Å². The zero-order valence-corrected chi connectivity index (χ0v) is 15.5. The van der Waals surface area contributed by atoms with Crippen LogP contribution in [0.15, 0.2) is 64.3 Å². The number of hydrogen-bond donors (Lipinski definition) is 0. The number of carbonyl (C=O) groups excluding carboxylic acids is 1. The van der Waals surface area contributed by atoms with Crippen molar-refractivity contribution >= 4 is 28.6 Å². The molecule has 27 heavy (non-hydrogen) atoms. The SMILES string of the molecule is C[C@H](Sc1ccccc1)C(=O)OCc1nc2ccccc2c(=O)n1CC#N. The van der Waals surface area contributed by atoms with Gasteiger partial charge in [0, 0.05) is 4.90 Å². The standard InChI is InChI=1S/C20H17N3O3S/c1-14(27-15-7-3-2-4-8-15)20(25)26-13-18-22-17-10-6-5-9-16(17)19(24)23(18)12-11-21/h2-10,14H,12-13H2,1H3/t14-/m0/s1. The van der Waals surface area contributed by atoms with Crippen molar-refractivity contribution in [1.82, 2.24) is 9.55 Å². The number of ether oxygens (including phenoxy) is 1. The molecule has 3 rings (SSSR count). The summed E-state index contributed by atoms with van der Waals surface area (Å²) in [4.78, 5) is 30.3. The van der Waals surface area contributed by atoms with Gasteiger partial charge in [-0.3, -0.25) is 14.2 Å². The highest BCUT2D eigenvalue weighted by molar-refractivity contribution is 8.00. The van der Waals surface area contributed by atoms with Crippen molar-refractivity contribution < 1.29 is 9.53 Å². The Hall–Kier alpha value is -3.11. The molecule has 1 atom stereocenters. The van der Waals surface area contributed by atoms with E-state index >= 15 is 0 Å². The summed E-state index contributed by atoms with van der Waals surface area (Å²) < 4.78 is 6.60. The summed E-state index contributed by atoms with van der Waals surface area (Å²) in [6.45, 7) is 1.44. The maximum absolute atomic E-state index is 12.6. The van der Waals surface area contributed by atoms with Gasteiger partial charge in [0.2, 0.25) is 0 Å². The number of fused-ring (bicyclic) bond motifs is 1. The van der Waals surface area contributed by atoms with Crippen molar-refractivity contribution in [1.29, 1.82) is 5.26 Å². The van der Waals surface area contributed by atoms with Gasteiger partial charge in [-0.25, -0.2) is 4.98 Å². The largest absolute Gasteiger partial charge is 0.457 e. The van der Waals surface area contributed by atoms with E-state index in [2.05, 4.69) is 4.98 Å². The number of thioether (sulfide) groups is 1. The highest BCUT2D eigenvalue weighted by Gasteiger charge is 2.18. The molecule has 1 aromatic heterocycles. The van der Waals surface area contributed by atoms with Crippen LogP contribution in [0.4, 0.5) is 0 Å². The van der Waals surface area contributed by atoms with E-state index in [0.717, 1.165) is 4.90 Å². The zero-order chi connectivity index (χ0) is 19.2. The van der Waals surface area contributed by atoms with Gasteiger partial charge in [-0.2, -0.15) is 5.26 Å². The number of aromatic nitrogens is 2. The average molecular weight is 379 g/mol. The van der Waals surface area contributed by atoms with E-state index in [-0.39, 0.29) is 24.5 Å². The number of hydrogen-bond acceptors (Lipinski definition) is 6. The molecule has 3 aromatic rings. The van der Waals surface area contributed by atoms with Crippen LogP contribution in [-0.4, -0.2) is 20.8 Å². The van der Waals surface area contributed by atoms with Gasteiger partial charge in [-0.05, 0) is 31.2 Å². The number of nitrogens with zero attached hydrogens (tertiary/aromatic N) is 3. The molecule has 0 unspecified atom stereocenters. The molecule has 0 bridgehead atoms. The maximum Gasteiger partial charge on any atom is 0.319 e. The minimum absolute atomic E-state index is 0.155. The quantitative estimate of drug-likeness (QED) is 0.483. The van der Waals surface area contributed by atoms with Gasteiger partial charge in [-0.15, -0.1) is 11.8 Å². The van der Waals surface area contributed by atoms with Crippen LogP contribution in [0.25, 0.3) is 10.9 Å². The lowest BCUT2D eigenvalue weighted by Crippen LogP contribution is -2.27. The molecule has 0 aliphatic heterocycles. The van der Waals surface area contributed by atoms with Gasteiger partial charge in [0.1, 0.15) is 18.4 Å². The Balaban J connectivity index is 1.78. The number of para-hydroxylation sites is 1. The Morgan fingerprint density at radius 2 is 1.93 bits per heavy atom. The van der Waals surface area contributed by atoms with E-state index in [0.29, 0.717) is 10.9 Å². The third kappa shape index (κ3) is 4.36. The average Bonchev–Trinajstić information content (AvgIpc) is 2.69. The molecule has 6 nitrogen and oxygen atoms in total. The second-order valence-corrected chi connectivity index (χ2v) is 7.19. The van der Waals surface area contributed by atoms with Gasteiger partial charge in [0.15, 0.2) is 5.82 Å². The summed E-state index contributed by atoms with van der Waals surface area (Å²) in [5.41, 5.74) is 0.189. The molecule has 0 saturated carbocycles. The molecule has 7 heteroatoms. The molecule has 2 aromatic carbocycles. The lowest BCUT2D eigenvalue weighted by molar-refractivity contribution is -0.144. The fourth-order valence-corrected chi connectivity index (χ4v) is 3.45. The molecule has 136 valence electrons. The Kier molecular flexibility index (Phi) is 5.89. The molecule has 0 fully saturated rings.